The van der Waals surface area contributed by atoms with Gasteiger partial charge >= 0.3 is 5.97 Å². The minimum absolute atomic E-state index is 0.197. The molecule has 0 amide bonds. The highest BCUT2D eigenvalue weighted by Gasteiger charge is 2.15. The molecule has 0 aliphatic rings. The van der Waals surface area contributed by atoms with Crippen molar-refractivity contribution in [2.75, 3.05) is 11.9 Å². The summed E-state index contributed by atoms with van der Waals surface area (Å²) in [6, 6.07) is 1.77. The van der Waals surface area contributed by atoms with E-state index in [4.69, 9.17) is 0 Å². The molecule has 0 aliphatic heterocycles. The molecule has 0 spiro atoms. The van der Waals surface area contributed by atoms with Crippen molar-refractivity contribution in [2.24, 2.45) is 7.05 Å². The van der Waals surface area contributed by atoms with E-state index in [0.29, 0.717) is 12.2 Å². The highest BCUT2D eigenvalue weighted by molar-refractivity contribution is 5.94. The quantitative estimate of drug-likeness (QED) is 0.901. The predicted molar refractivity (Wildman–Crippen MR) is 71.2 cm³/mol. The van der Waals surface area contributed by atoms with Crippen LogP contribution in [0.5, 0.6) is 0 Å². The molecule has 2 rings (SSSR count). The molecular formula is C13H16N4O2. The van der Waals surface area contributed by atoms with E-state index in [0.717, 1.165) is 11.5 Å². The third-order valence-electron chi connectivity index (χ3n) is 2.96. The van der Waals surface area contributed by atoms with Crippen molar-refractivity contribution in [1.29, 1.82) is 0 Å². The van der Waals surface area contributed by atoms with Crippen LogP contribution in [0, 0.1) is 6.92 Å². The number of pyridine rings is 1. The molecule has 0 saturated heterocycles. The number of aromatic carboxylic acids is 1. The first-order chi connectivity index (χ1) is 8.99. The van der Waals surface area contributed by atoms with Crippen LogP contribution in [0.3, 0.4) is 0 Å². The molecule has 0 bridgehead atoms. The van der Waals surface area contributed by atoms with Crippen LogP contribution >= 0.6 is 0 Å². The van der Waals surface area contributed by atoms with Crippen LogP contribution in [0.2, 0.25) is 0 Å². The monoisotopic (exact) mass is 260 g/mol. The van der Waals surface area contributed by atoms with Gasteiger partial charge in [0.15, 0.2) is 0 Å². The van der Waals surface area contributed by atoms with Gasteiger partial charge in [-0.25, -0.2) is 9.78 Å². The summed E-state index contributed by atoms with van der Waals surface area (Å²) in [6.07, 6.45) is 4.97. The first kappa shape index (κ1) is 13.1. The molecule has 0 aliphatic carbocycles. The molecule has 2 heterocycles. The maximum Gasteiger partial charge on any atom is 0.339 e. The normalized spacial score (nSPS) is 10.5. The lowest BCUT2D eigenvalue weighted by Crippen LogP contribution is -2.21. The van der Waals surface area contributed by atoms with Crippen molar-refractivity contribution in [2.45, 2.75) is 13.5 Å². The van der Waals surface area contributed by atoms with Crippen LogP contribution in [-0.4, -0.2) is 32.7 Å². The summed E-state index contributed by atoms with van der Waals surface area (Å²) in [5.74, 6) is -0.109. The molecule has 100 valence electrons. The fourth-order valence-electron chi connectivity index (χ4n) is 1.87. The van der Waals surface area contributed by atoms with E-state index in [-0.39, 0.29) is 5.56 Å². The number of hydrogen-bond donors (Lipinski definition) is 1. The van der Waals surface area contributed by atoms with Crippen LogP contribution in [0.4, 0.5) is 5.69 Å². The highest BCUT2D eigenvalue weighted by atomic mass is 16.4. The summed E-state index contributed by atoms with van der Waals surface area (Å²) in [5.41, 5.74) is 1.62. The largest absolute Gasteiger partial charge is 0.478 e. The zero-order valence-corrected chi connectivity index (χ0v) is 11.2. The lowest BCUT2D eigenvalue weighted by Gasteiger charge is -2.21. The summed E-state index contributed by atoms with van der Waals surface area (Å²) >= 11 is 0. The lowest BCUT2D eigenvalue weighted by molar-refractivity contribution is 0.0697. The Balaban J connectivity index is 2.32. The standard InChI is InChI=1S/C13H16N4O2/c1-9-6-11(10(7-15-9)13(18)19)17(3)8-12-14-4-5-16(12)2/h4-7H,8H2,1-3H3,(H,18,19). The van der Waals surface area contributed by atoms with E-state index in [1.807, 2.05) is 36.7 Å². The first-order valence-electron chi connectivity index (χ1n) is 5.86. The van der Waals surface area contributed by atoms with Gasteiger partial charge in [0, 0.05) is 38.4 Å². The molecule has 19 heavy (non-hydrogen) atoms. The molecule has 2 aromatic rings. The number of carbonyl (C=O) groups is 1. The zero-order valence-electron chi connectivity index (χ0n) is 11.2. The number of nitrogens with zero attached hydrogens (tertiary/aromatic N) is 4. The van der Waals surface area contributed by atoms with Gasteiger partial charge in [0.05, 0.1) is 12.2 Å². The Labute approximate surface area is 111 Å². The number of aromatic nitrogens is 3. The van der Waals surface area contributed by atoms with Crippen LogP contribution in [0.25, 0.3) is 0 Å². The number of imidazole rings is 1. The molecule has 0 radical (unpaired) electrons. The second kappa shape index (κ2) is 5.09. The van der Waals surface area contributed by atoms with E-state index in [9.17, 15) is 9.90 Å². The van der Waals surface area contributed by atoms with Gasteiger partial charge < -0.3 is 14.6 Å². The van der Waals surface area contributed by atoms with Crippen molar-refractivity contribution < 1.29 is 9.90 Å². The Kier molecular flexibility index (Phi) is 3.50. The van der Waals surface area contributed by atoms with Gasteiger partial charge in [0.1, 0.15) is 11.4 Å². The van der Waals surface area contributed by atoms with Gasteiger partial charge in [-0.3, -0.25) is 4.98 Å². The Bertz CT molecular complexity index is 606. The first-order valence-corrected chi connectivity index (χ1v) is 5.86. The molecule has 0 atom stereocenters. The molecule has 0 saturated carbocycles. The van der Waals surface area contributed by atoms with Gasteiger partial charge in [-0.2, -0.15) is 0 Å². The SMILES string of the molecule is Cc1cc(N(C)Cc2nccn2C)c(C(=O)O)cn1. The zero-order chi connectivity index (χ0) is 14.0. The maximum atomic E-state index is 11.2. The van der Waals surface area contributed by atoms with Crippen molar-refractivity contribution in [3.8, 4) is 0 Å². The second-order valence-corrected chi connectivity index (χ2v) is 4.46. The van der Waals surface area contributed by atoms with Crippen LogP contribution in [0.1, 0.15) is 21.9 Å². The summed E-state index contributed by atoms with van der Waals surface area (Å²) in [4.78, 5) is 21.3. The molecule has 1 N–H and O–H groups in total. The van der Waals surface area contributed by atoms with Crippen molar-refractivity contribution in [1.82, 2.24) is 14.5 Å². The van der Waals surface area contributed by atoms with Crippen molar-refractivity contribution >= 4 is 11.7 Å². The van der Waals surface area contributed by atoms with Crippen LogP contribution in [0.15, 0.2) is 24.7 Å². The molecule has 2 aromatic heterocycles. The predicted octanol–water partition coefficient (Wildman–Crippen LogP) is 1.46. The molecular weight excluding hydrogens is 244 g/mol. The highest BCUT2D eigenvalue weighted by Crippen LogP contribution is 2.21. The van der Waals surface area contributed by atoms with E-state index in [2.05, 4.69) is 9.97 Å². The fourth-order valence-corrected chi connectivity index (χ4v) is 1.87. The summed E-state index contributed by atoms with van der Waals surface area (Å²) in [6.45, 7) is 2.37. The number of aryl methyl sites for hydroxylation is 2. The molecule has 0 aromatic carbocycles. The molecule has 0 unspecified atom stereocenters. The third kappa shape index (κ3) is 2.73. The average Bonchev–Trinajstić information content (AvgIpc) is 2.74. The van der Waals surface area contributed by atoms with Crippen molar-refractivity contribution in [3.05, 3.63) is 41.7 Å². The Hall–Kier alpha value is -2.37. The van der Waals surface area contributed by atoms with E-state index in [1.54, 1.807) is 12.3 Å². The average molecular weight is 260 g/mol. The number of hydrogen-bond acceptors (Lipinski definition) is 4. The molecule has 6 heteroatoms. The molecule has 6 nitrogen and oxygen atoms in total. The number of anilines is 1. The Morgan fingerprint density at radius 2 is 2.21 bits per heavy atom. The minimum atomic E-state index is -0.978. The smallest absolute Gasteiger partial charge is 0.339 e. The fraction of sp³-hybridized carbons (Fsp3) is 0.308. The van der Waals surface area contributed by atoms with E-state index < -0.39 is 5.97 Å². The molecule has 0 fully saturated rings. The Morgan fingerprint density at radius 3 is 2.79 bits per heavy atom. The number of carboxylic acids is 1. The van der Waals surface area contributed by atoms with Gasteiger partial charge in [0.25, 0.3) is 0 Å². The van der Waals surface area contributed by atoms with Gasteiger partial charge in [-0.15, -0.1) is 0 Å². The maximum absolute atomic E-state index is 11.2. The topological polar surface area (TPSA) is 71.2 Å². The number of carboxylic acid groups (broad SMARTS) is 1. The third-order valence-corrected chi connectivity index (χ3v) is 2.96. The minimum Gasteiger partial charge on any atom is -0.478 e. The van der Waals surface area contributed by atoms with Crippen LogP contribution in [-0.2, 0) is 13.6 Å². The van der Waals surface area contributed by atoms with Crippen LogP contribution < -0.4 is 4.90 Å². The number of rotatable bonds is 4. The van der Waals surface area contributed by atoms with E-state index >= 15 is 0 Å². The Morgan fingerprint density at radius 1 is 1.47 bits per heavy atom. The summed E-state index contributed by atoms with van der Waals surface area (Å²) in [7, 11) is 3.75. The lowest BCUT2D eigenvalue weighted by atomic mass is 10.2. The van der Waals surface area contributed by atoms with Crippen molar-refractivity contribution in [3.63, 3.8) is 0 Å². The van der Waals surface area contributed by atoms with Gasteiger partial charge in [0.2, 0.25) is 0 Å². The summed E-state index contributed by atoms with van der Waals surface area (Å²) < 4.78 is 1.91. The second-order valence-electron chi connectivity index (χ2n) is 4.46. The van der Waals surface area contributed by atoms with Gasteiger partial charge in [-0.1, -0.05) is 0 Å². The van der Waals surface area contributed by atoms with E-state index in [1.165, 1.54) is 6.20 Å². The summed E-state index contributed by atoms with van der Waals surface area (Å²) in [5, 5.41) is 9.20. The van der Waals surface area contributed by atoms with Gasteiger partial charge in [-0.05, 0) is 13.0 Å².